The number of benzene rings is 2. The van der Waals surface area contributed by atoms with E-state index in [-0.39, 0.29) is 47.9 Å². The van der Waals surface area contributed by atoms with Crippen LogP contribution >= 0.6 is 0 Å². The Morgan fingerprint density at radius 3 is 2.21 bits per heavy atom. The molecule has 1 N–H and O–H groups in total. The Kier molecular flexibility index (Phi) is 13.4. The molecule has 0 saturated carbocycles. The van der Waals surface area contributed by atoms with Crippen molar-refractivity contribution in [2.75, 3.05) is 0 Å². The van der Waals surface area contributed by atoms with Crippen LogP contribution in [0.4, 0.5) is 0 Å². The topological polar surface area (TPSA) is 76.2 Å². The van der Waals surface area contributed by atoms with Crippen LogP contribution in [0.2, 0.25) is 0 Å². The smallest absolute Gasteiger partial charge is 0.164 e. The predicted octanol–water partition coefficient (Wildman–Crippen LogP) is 12.8. The first kappa shape index (κ1) is 42.1. The van der Waals surface area contributed by atoms with Crippen molar-refractivity contribution < 1.29 is 34.4 Å². The Bertz CT molecular complexity index is 2090. The maximum Gasteiger partial charge on any atom is 0.164 e. The maximum atomic E-state index is 12.2. The molecule has 2 aromatic carbocycles. The van der Waals surface area contributed by atoms with Gasteiger partial charge in [-0.25, -0.2) is 0 Å². The molecule has 0 unspecified atom stereocenters. The molecule has 5 aromatic rings. The van der Waals surface area contributed by atoms with Crippen LogP contribution in [0.1, 0.15) is 124 Å². The zero-order valence-electron chi connectivity index (χ0n) is 33.8. The summed E-state index contributed by atoms with van der Waals surface area (Å²) in [4.78, 5) is 21.9. The third-order valence-electron chi connectivity index (χ3n) is 11.7. The van der Waals surface area contributed by atoms with E-state index in [1.807, 2.05) is 60.0 Å². The Morgan fingerprint density at radius 1 is 0.925 bits per heavy atom. The molecule has 0 fully saturated rings. The maximum absolute atomic E-state index is 12.2. The van der Waals surface area contributed by atoms with Gasteiger partial charge in [-0.15, -0.1) is 29.1 Å². The van der Waals surface area contributed by atoms with Crippen molar-refractivity contribution in [3.63, 3.8) is 0 Å². The number of nitrogens with zero attached hydrogens (tertiary/aromatic N) is 2. The predicted molar refractivity (Wildman–Crippen MR) is 217 cm³/mol. The van der Waals surface area contributed by atoms with Crippen LogP contribution in [0.25, 0.3) is 44.3 Å². The molecule has 6 rings (SSSR count). The normalized spacial score (nSPS) is 13.3. The second kappa shape index (κ2) is 16.8. The van der Waals surface area contributed by atoms with Gasteiger partial charge in [-0.3, -0.25) is 14.8 Å². The van der Waals surface area contributed by atoms with Crippen LogP contribution in [-0.2, 0) is 49.6 Å². The standard InChI is InChI=1S/C32H31N2O.C15H28O2.Ir/c1-19(2)14-20-15-25-27(34-18-20)11-10-24-29-28(35-31(24)25)12-13-33-30(29)22-16-21-8-6-7-9-23(21)26(17-22)32(3,4)5;1-7-14(5,8-2)12(16)11-13(17)15(6,9-3)10-4;/h6-9,12-13,15,17-19H,10-11,14H2,1-5H3;11,16H,7-10H2,1-6H3;/q-1;;/b;12-11-;. The average molecular weight is 892 g/mol. The van der Waals surface area contributed by atoms with E-state index in [4.69, 9.17) is 14.4 Å². The van der Waals surface area contributed by atoms with Crippen molar-refractivity contribution in [3.8, 4) is 22.6 Å². The number of furan rings is 1. The summed E-state index contributed by atoms with van der Waals surface area (Å²) in [5.41, 5.74) is 8.38. The van der Waals surface area contributed by atoms with Crippen molar-refractivity contribution in [1.82, 2.24) is 9.97 Å². The number of hydrogen-bond acceptors (Lipinski definition) is 5. The minimum absolute atomic E-state index is 0. The van der Waals surface area contributed by atoms with Crippen molar-refractivity contribution in [1.29, 1.82) is 0 Å². The van der Waals surface area contributed by atoms with Gasteiger partial charge in [-0.05, 0) is 74.0 Å². The van der Waals surface area contributed by atoms with Gasteiger partial charge in [0.15, 0.2) is 5.78 Å². The number of carbonyl (C=O) groups is 1. The van der Waals surface area contributed by atoms with Crippen molar-refractivity contribution >= 4 is 27.5 Å². The zero-order chi connectivity index (χ0) is 38.0. The summed E-state index contributed by atoms with van der Waals surface area (Å²) in [5, 5.41) is 13.6. The Balaban J connectivity index is 0.000000299. The molecule has 0 atom stereocenters. The first-order chi connectivity index (χ1) is 24.6. The van der Waals surface area contributed by atoms with E-state index in [1.165, 1.54) is 28.2 Å². The van der Waals surface area contributed by atoms with Gasteiger partial charge in [-0.1, -0.05) is 105 Å². The van der Waals surface area contributed by atoms with Crippen LogP contribution in [0, 0.1) is 22.8 Å². The molecule has 285 valence electrons. The summed E-state index contributed by atoms with van der Waals surface area (Å²) in [6, 6.07) is 18.8. The average Bonchev–Trinajstić information content (AvgIpc) is 3.53. The van der Waals surface area contributed by atoms with Crippen molar-refractivity contribution in [2.24, 2.45) is 16.7 Å². The first-order valence-corrected chi connectivity index (χ1v) is 19.4. The fourth-order valence-electron chi connectivity index (χ4n) is 7.19. The molecule has 0 saturated heterocycles. The summed E-state index contributed by atoms with van der Waals surface area (Å²) >= 11 is 0. The van der Waals surface area contributed by atoms with Gasteiger partial charge in [0.2, 0.25) is 0 Å². The number of aliphatic hydroxyl groups is 1. The molecule has 0 spiro atoms. The largest absolute Gasteiger partial charge is 0.512 e. The molecule has 3 aromatic heterocycles. The summed E-state index contributed by atoms with van der Waals surface area (Å²) in [5.74, 6) is 1.84. The van der Waals surface area contributed by atoms with Gasteiger partial charge in [0, 0.05) is 71.6 Å². The number of allylic oxidation sites excluding steroid dienone is 2. The van der Waals surface area contributed by atoms with Gasteiger partial charge in [-0.2, -0.15) is 0 Å². The summed E-state index contributed by atoms with van der Waals surface area (Å²) in [7, 11) is 0. The number of ketones is 1. The Hall–Kier alpha value is -3.60. The minimum atomic E-state index is -0.337. The Morgan fingerprint density at radius 2 is 1.58 bits per heavy atom. The molecule has 6 heteroatoms. The van der Waals surface area contributed by atoms with Crippen LogP contribution < -0.4 is 0 Å². The second-order valence-corrected chi connectivity index (χ2v) is 16.7. The first-order valence-electron chi connectivity index (χ1n) is 19.4. The Labute approximate surface area is 331 Å². The number of hydrogen-bond donors (Lipinski definition) is 1. The molecule has 1 aliphatic carbocycles. The van der Waals surface area contributed by atoms with E-state index >= 15 is 0 Å². The van der Waals surface area contributed by atoms with Crippen LogP contribution in [0.15, 0.2) is 71.1 Å². The molecule has 0 amide bonds. The number of aromatic nitrogens is 2. The van der Waals surface area contributed by atoms with Gasteiger partial charge < -0.3 is 9.52 Å². The molecular weight excluding hydrogens is 833 g/mol. The molecule has 53 heavy (non-hydrogen) atoms. The van der Waals surface area contributed by atoms with E-state index in [0.29, 0.717) is 5.92 Å². The molecule has 1 radical (unpaired) electrons. The van der Waals surface area contributed by atoms with Gasteiger partial charge >= 0.3 is 0 Å². The minimum Gasteiger partial charge on any atom is -0.512 e. The van der Waals surface area contributed by atoms with E-state index in [1.54, 1.807) is 0 Å². The number of carbonyl (C=O) groups excluding carboxylic acids is 1. The number of pyridine rings is 2. The second-order valence-electron chi connectivity index (χ2n) is 16.7. The molecular formula is C47H59IrN2O3-. The summed E-state index contributed by atoms with van der Waals surface area (Å²) in [6.45, 7) is 23.4. The van der Waals surface area contributed by atoms with Gasteiger partial charge in [0.1, 0.15) is 17.1 Å². The third-order valence-corrected chi connectivity index (χ3v) is 11.7. The quantitative estimate of drug-likeness (QED) is 0.0859. The van der Waals surface area contributed by atoms with Crippen LogP contribution in [-0.4, -0.2) is 20.9 Å². The third kappa shape index (κ3) is 8.71. The van der Waals surface area contributed by atoms with E-state index in [2.05, 4.69) is 77.1 Å². The SMILES string of the molecule is CC(C)Cc1cnc2c(c1)-c1oc3ccnc(-c4[c-]c5ccccc5c(C(C)(C)C)c4)c3c1CC2.CCC(C)(CC)C(=O)/C=C(\O)C(C)(CC)CC.[Ir]. The molecule has 0 aliphatic heterocycles. The molecule has 1 aliphatic rings. The fourth-order valence-corrected chi connectivity index (χ4v) is 7.19. The molecule has 5 nitrogen and oxygen atoms in total. The van der Waals surface area contributed by atoms with Gasteiger partial charge in [0.25, 0.3) is 0 Å². The van der Waals surface area contributed by atoms with Crippen molar-refractivity contribution in [3.05, 3.63) is 95.1 Å². The summed E-state index contributed by atoms with van der Waals surface area (Å²) < 4.78 is 6.53. The van der Waals surface area contributed by atoms with E-state index in [9.17, 15) is 9.90 Å². The zero-order valence-corrected chi connectivity index (χ0v) is 36.2. The van der Waals surface area contributed by atoms with Crippen LogP contribution in [0.5, 0.6) is 0 Å². The van der Waals surface area contributed by atoms with Crippen molar-refractivity contribution in [2.45, 2.75) is 127 Å². The van der Waals surface area contributed by atoms with Gasteiger partial charge in [0.05, 0.1) is 5.69 Å². The van der Waals surface area contributed by atoms with Crippen LogP contribution in [0.3, 0.4) is 0 Å². The molecule has 3 heterocycles. The number of aryl methyl sites for hydroxylation is 2. The van der Waals surface area contributed by atoms with E-state index in [0.717, 1.165) is 89.6 Å². The number of fused-ring (bicyclic) bond motifs is 6. The fraction of sp³-hybridized carbons (Fsp3) is 0.468. The number of aliphatic hydroxyl groups excluding tert-OH is 1. The van der Waals surface area contributed by atoms with E-state index < -0.39 is 0 Å². The summed E-state index contributed by atoms with van der Waals surface area (Å²) in [6.07, 6.45) is 11.5. The monoisotopic (exact) mass is 892 g/mol. The molecule has 0 bridgehead atoms. The number of rotatable bonds is 10.